The minimum absolute atomic E-state index is 0.124. The number of carbonyl (C=O) groups excluding carboxylic acids is 1. The summed E-state index contributed by atoms with van der Waals surface area (Å²) in [5, 5.41) is 0. The molecule has 0 unspecified atom stereocenters. The highest BCUT2D eigenvalue weighted by atomic mass is 19.1. The molecule has 2 aromatic rings. The van der Waals surface area contributed by atoms with E-state index in [1.165, 1.54) is 18.2 Å². The molecule has 0 saturated carbocycles. The Bertz CT molecular complexity index is 592. The van der Waals surface area contributed by atoms with Crippen molar-refractivity contribution in [3.8, 4) is 5.75 Å². The fraction of sp³-hybridized carbons (Fsp3) is 0.133. The summed E-state index contributed by atoms with van der Waals surface area (Å²) in [4.78, 5) is 13.4. The van der Waals surface area contributed by atoms with Crippen molar-refractivity contribution in [2.45, 2.75) is 13.2 Å². The maximum absolute atomic E-state index is 13.7. The lowest BCUT2D eigenvalue weighted by atomic mass is 10.2. The Morgan fingerprint density at radius 3 is 2.58 bits per heavy atom. The topological polar surface area (TPSA) is 38.7 Å². The number of halogens is 1. The number of benzene rings is 2. The molecule has 0 spiro atoms. The summed E-state index contributed by atoms with van der Waals surface area (Å²) in [6, 6.07) is 14.0. The molecule has 0 heterocycles. The molecule has 3 nitrogen and oxygen atoms in total. The van der Waals surface area contributed by atoms with Crippen LogP contribution in [0.1, 0.15) is 11.1 Å². The van der Waals surface area contributed by atoms with Crippen molar-refractivity contribution < 1.29 is 13.9 Å². The second-order valence-corrected chi connectivity index (χ2v) is 3.95. The average molecular weight is 257 g/mol. The van der Waals surface area contributed by atoms with E-state index in [0.717, 1.165) is 5.56 Å². The molecule has 0 aliphatic rings. The number of isocyanates is 1. The standard InChI is InChI=1S/C15H12FNO2/c16-14-8-13(9-17-11-18)6-7-15(14)19-10-12-4-2-1-3-5-12/h1-8H,9-10H2. The molecule has 2 rings (SSSR count). The zero-order chi connectivity index (χ0) is 13.5. The number of ether oxygens (including phenoxy) is 1. The van der Waals surface area contributed by atoms with E-state index in [1.807, 2.05) is 30.3 Å². The van der Waals surface area contributed by atoms with Gasteiger partial charge in [0.1, 0.15) is 6.61 Å². The third-order valence-corrected chi connectivity index (χ3v) is 2.56. The molecule has 0 fully saturated rings. The molecule has 96 valence electrons. The van der Waals surface area contributed by atoms with E-state index in [1.54, 1.807) is 6.07 Å². The summed E-state index contributed by atoms with van der Waals surface area (Å²) in [6.45, 7) is 0.434. The number of rotatable bonds is 5. The summed E-state index contributed by atoms with van der Waals surface area (Å²) in [5.41, 5.74) is 1.57. The van der Waals surface area contributed by atoms with Gasteiger partial charge < -0.3 is 4.74 Å². The van der Waals surface area contributed by atoms with Crippen LogP contribution in [0.2, 0.25) is 0 Å². The summed E-state index contributed by atoms with van der Waals surface area (Å²) in [5.74, 6) is -0.280. The van der Waals surface area contributed by atoms with Crippen LogP contribution in [0, 0.1) is 5.82 Å². The normalized spacial score (nSPS) is 9.74. The van der Waals surface area contributed by atoms with Crippen molar-refractivity contribution in [2.24, 2.45) is 4.99 Å². The predicted molar refractivity (Wildman–Crippen MR) is 69.0 cm³/mol. The smallest absolute Gasteiger partial charge is 0.235 e. The van der Waals surface area contributed by atoms with Crippen LogP contribution in [0.3, 0.4) is 0 Å². The number of aliphatic imine (C=N–C) groups is 1. The molecular weight excluding hydrogens is 245 g/mol. The fourth-order valence-corrected chi connectivity index (χ4v) is 1.62. The van der Waals surface area contributed by atoms with E-state index >= 15 is 0 Å². The Labute approximate surface area is 110 Å². The molecule has 0 aromatic heterocycles. The first-order valence-corrected chi connectivity index (χ1v) is 5.78. The highest BCUT2D eigenvalue weighted by Gasteiger charge is 2.05. The predicted octanol–water partition coefficient (Wildman–Crippen LogP) is 3.24. The molecule has 0 aliphatic carbocycles. The summed E-state index contributed by atoms with van der Waals surface area (Å²) >= 11 is 0. The minimum Gasteiger partial charge on any atom is -0.486 e. The van der Waals surface area contributed by atoms with Gasteiger partial charge in [0.05, 0.1) is 6.54 Å². The Balaban J connectivity index is 2.03. The lowest BCUT2D eigenvalue weighted by molar-refractivity contribution is 0.290. The molecular formula is C15H12FNO2. The molecule has 0 saturated heterocycles. The summed E-state index contributed by atoms with van der Waals surface area (Å²) < 4.78 is 19.1. The molecule has 0 radical (unpaired) electrons. The van der Waals surface area contributed by atoms with Crippen molar-refractivity contribution in [1.82, 2.24) is 0 Å². The van der Waals surface area contributed by atoms with E-state index in [2.05, 4.69) is 4.99 Å². The third-order valence-electron chi connectivity index (χ3n) is 2.56. The number of hydrogen-bond acceptors (Lipinski definition) is 3. The minimum atomic E-state index is -0.463. The average Bonchev–Trinajstić information content (AvgIpc) is 2.45. The second-order valence-electron chi connectivity index (χ2n) is 3.95. The Hall–Kier alpha value is -2.45. The van der Waals surface area contributed by atoms with Gasteiger partial charge in [-0.25, -0.2) is 14.2 Å². The highest BCUT2D eigenvalue weighted by Crippen LogP contribution is 2.20. The SMILES string of the molecule is O=C=NCc1ccc(OCc2ccccc2)c(F)c1. The second kappa shape index (κ2) is 6.47. The highest BCUT2D eigenvalue weighted by molar-refractivity contribution is 5.35. The van der Waals surface area contributed by atoms with E-state index < -0.39 is 5.82 Å². The van der Waals surface area contributed by atoms with Crippen molar-refractivity contribution in [1.29, 1.82) is 0 Å². The van der Waals surface area contributed by atoms with Gasteiger partial charge in [-0.05, 0) is 23.3 Å². The fourth-order valence-electron chi connectivity index (χ4n) is 1.62. The molecule has 0 amide bonds. The van der Waals surface area contributed by atoms with Crippen molar-refractivity contribution >= 4 is 6.08 Å². The van der Waals surface area contributed by atoms with Gasteiger partial charge in [0.15, 0.2) is 11.6 Å². The molecule has 0 N–H and O–H groups in total. The quantitative estimate of drug-likeness (QED) is 0.609. The van der Waals surface area contributed by atoms with Gasteiger partial charge in [0.25, 0.3) is 0 Å². The van der Waals surface area contributed by atoms with Crippen molar-refractivity contribution in [3.05, 3.63) is 65.5 Å². The van der Waals surface area contributed by atoms with Crippen LogP contribution in [0.5, 0.6) is 5.75 Å². The maximum atomic E-state index is 13.7. The largest absolute Gasteiger partial charge is 0.486 e. The Morgan fingerprint density at radius 2 is 1.89 bits per heavy atom. The van der Waals surface area contributed by atoms with E-state index in [9.17, 15) is 9.18 Å². The van der Waals surface area contributed by atoms with Crippen LogP contribution in [0.25, 0.3) is 0 Å². The van der Waals surface area contributed by atoms with Gasteiger partial charge in [-0.1, -0.05) is 36.4 Å². The Kier molecular flexibility index (Phi) is 4.43. The molecule has 0 aliphatic heterocycles. The maximum Gasteiger partial charge on any atom is 0.235 e. The summed E-state index contributed by atoms with van der Waals surface area (Å²) in [6.07, 6.45) is 1.42. The first-order chi connectivity index (χ1) is 9.29. The van der Waals surface area contributed by atoms with Crippen LogP contribution in [0.15, 0.2) is 53.5 Å². The van der Waals surface area contributed by atoms with Crippen LogP contribution < -0.4 is 4.74 Å². The lowest BCUT2D eigenvalue weighted by Gasteiger charge is -2.08. The first-order valence-electron chi connectivity index (χ1n) is 5.78. The van der Waals surface area contributed by atoms with E-state index in [-0.39, 0.29) is 12.3 Å². The molecule has 2 aromatic carbocycles. The van der Waals surface area contributed by atoms with Crippen molar-refractivity contribution in [2.75, 3.05) is 0 Å². The monoisotopic (exact) mass is 257 g/mol. The van der Waals surface area contributed by atoms with Gasteiger partial charge in [-0.15, -0.1) is 0 Å². The molecule has 4 heteroatoms. The molecule has 0 atom stereocenters. The Morgan fingerprint density at radius 1 is 1.11 bits per heavy atom. The third kappa shape index (κ3) is 3.76. The van der Waals surface area contributed by atoms with Gasteiger partial charge in [0, 0.05) is 0 Å². The first kappa shape index (κ1) is 13.0. The zero-order valence-electron chi connectivity index (χ0n) is 10.2. The van der Waals surface area contributed by atoms with Gasteiger partial charge >= 0.3 is 0 Å². The van der Waals surface area contributed by atoms with Crippen LogP contribution in [0.4, 0.5) is 4.39 Å². The van der Waals surface area contributed by atoms with Gasteiger partial charge in [-0.3, -0.25) is 0 Å². The van der Waals surface area contributed by atoms with Crippen LogP contribution in [-0.2, 0) is 17.9 Å². The molecule has 0 bridgehead atoms. The van der Waals surface area contributed by atoms with E-state index in [0.29, 0.717) is 12.2 Å². The van der Waals surface area contributed by atoms with Gasteiger partial charge in [-0.2, -0.15) is 0 Å². The van der Waals surface area contributed by atoms with Crippen LogP contribution >= 0.6 is 0 Å². The van der Waals surface area contributed by atoms with Crippen molar-refractivity contribution in [3.63, 3.8) is 0 Å². The number of hydrogen-bond donors (Lipinski definition) is 0. The van der Waals surface area contributed by atoms with Crippen LogP contribution in [-0.4, -0.2) is 6.08 Å². The van der Waals surface area contributed by atoms with Gasteiger partial charge in [0.2, 0.25) is 6.08 Å². The number of nitrogens with zero attached hydrogens (tertiary/aromatic N) is 1. The summed E-state index contributed by atoms with van der Waals surface area (Å²) in [7, 11) is 0. The zero-order valence-corrected chi connectivity index (χ0v) is 10.2. The lowest BCUT2D eigenvalue weighted by Crippen LogP contribution is -1.97. The van der Waals surface area contributed by atoms with E-state index in [4.69, 9.17) is 4.74 Å². The molecule has 19 heavy (non-hydrogen) atoms.